The van der Waals surface area contributed by atoms with Gasteiger partial charge in [-0.2, -0.15) is 0 Å². The van der Waals surface area contributed by atoms with Crippen LogP contribution in [0.4, 0.5) is 0 Å². The van der Waals surface area contributed by atoms with Gasteiger partial charge in [0.05, 0.1) is 6.04 Å². The number of nitrogens with zero attached hydrogens (tertiary/aromatic N) is 1. The summed E-state index contributed by atoms with van der Waals surface area (Å²) >= 11 is 1.89. The van der Waals surface area contributed by atoms with E-state index < -0.39 is 0 Å². The number of aromatic nitrogens is 1. The highest BCUT2D eigenvalue weighted by Gasteiger charge is 2.16. The molecule has 20 heavy (non-hydrogen) atoms. The van der Waals surface area contributed by atoms with Gasteiger partial charge in [0.1, 0.15) is 0 Å². The van der Waals surface area contributed by atoms with Crippen molar-refractivity contribution in [3.8, 4) is 0 Å². The molecule has 3 rings (SSSR count). The van der Waals surface area contributed by atoms with Crippen LogP contribution in [0.15, 0.2) is 48.8 Å². The van der Waals surface area contributed by atoms with Crippen molar-refractivity contribution >= 4 is 22.1 Å². The molecule has 0 saturated carbocycles. The summed E-state index contributed by atoms with van der Waals surface area (Å²) in [5.41, 5.74) is 1.32. The van der Waals surface area contributed by atoms with Gasteiger partial charge in [-0.05, 0) is 42.6 Å². The molecule has 0 aliphatic carbocycles. The summed E-state index contributed by atoms with van der Waals surface area (Å²) in [6.07, 6.45) is 4.89. The molecule has 0 fully saturated rings. The van der Waals surface area contributed by atoms with Crippen LogP contribution in [0.25, 0.3) is 10.8 Å². The molecule has 3 heteroatoms. The van der Waals surface area contributed by atoms with E-state index in [1.807, 2.05) is 30.8 Å². The van der Waals surface area contributed by atoms with Crippen LogP contribution in [-0.2, 0) is 6.42 Å². The van der Waals surface area contributed by atoms with E-state index in [2.05, 4.69) is 53.6 Å². The summed E-state index contributed by atoms with van der Waals surface area (Å²) in [5, 5.41) is 5.92. The van der Waals surface area contributed by atoms with Crippen molar-refractivity contribution < 1.29 is 0 Å². The smallest absolute Gasteiger partial charge is 0.0674 e. The van der Waals surface area contributed by atoms with E-state index in [4.69, 9.17) is 0 Å². The lowest BCUT2D eigenvalue weighted by atomic mass is 9.99. The highest BCUT2D eigenvalue weighted by atomic mass is 32.1. The SMILES string of the molecule is CCc1ccc(C(NC)c2cccc3cnccc23)s1. The van der Waals surface area contributed by atoms with E-state index in [1.54, 1.807) is 0 Å². The Morgan fingerprint density at radius 2 is 2.10 bits per heavy atom. The Labute approximate surface area is 123 Å². The Hall–Kier alpha value is -1.71. The maximum atomic E-state index is 4.21. The fourth-order valence-corrected chi connectivity index (χ4v) is 3.67. The third-order valence-electron chi connectivity index (χ3n) is 3.63. The van der Waals surface area contributed by atoms with Gasteiger partial charge in [-0.3, -0.25) is 4.98 Å². The van der Waals surface area contributed by atoms with Crippen LogP contribution in [0.5, 0.6) is 0 Å². The first kappa shape index (κ1) is 13.3. The van der Waals surface area contributed by atoms with E-state index in [0.717, 1.165) is 6.42 Å². The van der Waals surface area contributed by atoms with Gasteiger partial charge in [0.2, 0.25) is 0 Å². The third kappa shape index (κ3) is 2.35. The van der Waals surface area contributed by atoms with E-state index in [9.17, 15) is 0 Å². The summed E-state index contributed by atoms with van der Waals surface area (Å²) in [4.78, 5) is 7.01. The van der Waals surface area contributed by atoms with Gasteiger partial charge in [-0.25, -0.2) is 0 Å². The quantitative estimate of drug-likeness (QED) is 0.777. The number of rotatable bonds is 4. The number of hydrogen-bond donors (Lipinski definition) is 1. The minimum Gasteiger partial charge on any atom is -0.309 e. The molecule has 2 heterocycles. The molecular weight excluding hydrogens is 264 g/mol. The lowest BCUT2D eigenvalue weighted by Crippen LogP contribution is -2.16. The number of thiophene rings is 1. The number of pyridine rings is 1. The van der Waals surface area contributed by atoms with Gasteiger partial charge in [-0.1, -0.05) is 25.1 Å². The molecule has 1 atom stereocenters. The van der Waals surface area contributed by atoms with Gasteiger partial charge >= 0.3 is 0 Å². The highest BCUT2D eigenvalue weighted by Crippen LogP contribution is 2.32. The first-order valence-electron chi connectivity index (χ1n) is 6.92. The summed E-state index contributed by atoms with van der Waals surface area (Å²) in [5.74, 6) is 0. The lowest BCUT2D eigenvalue weighted by molar-refractivity contribution is 0.709. The van der Waals surface area contributed by atoms with Crippen LogP contribution >= 0.6 is 11.3 Å². The lowest BCUT2D eigenvalue weighted by Gasteiger charge is -2.17. The zero-order valence-corrected chi connectivity index (χ0v) is 12.6. The molecule has 0 radical (unpaired) electrons. The molecule has 3 aromatic rings. The molecule has 0 aliphatic heterocycles. The molecule has 0 spiro atoms. The van der Waals surface area contributed by atoms with E-state index >= 15 is 0 Å². The van der Waals surface area contributed by atoms with E-state index in [1.165, 1.54) is 26.1 Å². The molecule has 1 aromatic carbocycles. The second kappa shape index (κ2) is 5.73. The van der Waals surface area contributed by atoms with Crippen LogP contribution in [0.1, 0.15) is 28.3 Å². The summed E-state index contributed by atoms with van der Waals surface area (Å²) < 4.78 is 0. The zero-order chi connectivity index (χ0) is 13.9. The molecule has 0 amide bonds. The standard InChI is InChI=1S/C17H18N2S/c1-3-13-7-8-16(20-13)17(18-2)15-6-4-5-12-11-19-10-9-14(12)15/h4-11,17-18H,3H2,1-2H3. The molecule has 2 nitrogen and oxygen atoms in total. The van der Waals surface area contributed by atoms with Crippen molar-refractivity contribution in [2.45, 2.75) is 19.4 Å². The van der Waals surface area contributed by atoms with Gasteiger partial charge in [0.15, 0.2) is 0 Å². The van der Waals surface area contributed by atoms with Crippen molar-refractivity contribution in [2.24, 2.45) is 0 Å². The van der Waals surface area contributed by atoms with Gasteiger partial charge in [0.25, 0.3) is 0 Å². The van der Waals surface area contributed by atoms with Crippen molar-refractivity contribution in [3.05, 3.63) is 64.1 Å². The predicted octanol–water partition coefficient (Wildman–Crippen LogP) is 4.17. The Bertz CT molecular complexity index is 712. The van der Waals surface area contributed by atoms with Crippen molar-refractivity contribution in [1.82, 2.24) is 10.3 Å². The molecule has 1 N–H and O–H groups in total. The van der Waals surface area contributed by atoms with E-state index in [-0.39, 0.29) is 6.04 Å². The number of aryl methyl sites for hydroxylation is 1. The molecule has 102 valence electrons. The molecule has 1 unspecified atom stereocenters. The van der Waals surface area contributed by atoms with Crippen molar-refractivity contribution in [2.75, 3.05) is 7.05 Å². The topological polar surface area (TPSA) is 24.9 Å². The monoisotopic (exact) mass is 282 g/mol. The minimum absolute atomic E-state index is 0.242. The Morgan fingerprint density at radius 3 is 2.85 bits per heavy atom. The number of hydrogen-bond acceptors (Lipinski definition) is 3. The Kier molecular flexibility index (Phi) is 3.81. The van der Waals surface area contributed by atoms with Gasteiger partial charge < -0.3 is 5.32 Å². The largest absolute Gasteiger partial charge is 0.309 e. The second-order valence-electron chi connectivity index (χ2n) is 4.82. The normalized spacial score (nSPS) is 12.7. The minimum atomic E-state index is 0.242. The van der Waals surface area contributed by atoms with Crippen LogP contribution in [-0.4, -0.2) is 12.0 Å². The molecule has 0 saturated heterocycles. The first-order chi connectivity index (χ1) is 9.83. The average Bonchev–Trinajstić information content (AvgIpc) is 2.97. The highest BCUT2D eigenvalue weighted by molar-refractivity contribution is 7.12. The summed E-state index contributed by atoms with van der Waals surface area (Å²) in [6.45, 7) is 2.20. The molecular formula is C17H18N2S. The summed E-state index contributed by atoms with van der Waals surface area (Å²) in [6, 6.07) is 13.2. The first-order valence-corrected chi connectivity index (χ1v) is 7.73. The molecule has 2 aromatic heterocycles. The van der Waals surface area contributed by atoms with Crippen LogP contribution in [0, 0.1) is 0 Å². The zero-order valence-electron chi connectivity index (χ0n) is 11.8. The maximum absolute atomic E-state index is 4.21. The summed E-state index contributed by atoms with van der Waals surface area (Å²) in [7, 11) is 2.02. The van der Waals surface area contributed by atoms with Crippen LogP contribution < -0.4 is 5.32 Å². The number of nitrogens with one attached hydrogen (secondary N) is 1. The van der Waals surface area contributed by atoms with E-state index in [0.29, 0.717) is 0 Å². The predicted molar refractivity (Wildman–Crippen MR) is 86.3 cm³/mol. The second-order valence-corrected chi connectivity index (χ2v) is 6.02. The van der Waals surface area contributed by atoms with Crippen LogP contribution in [0.3, 0.4) is 0 Å². The average molecular weight is 282 g/mol. The number of benzene rings is 1. The van der Waals surface area contributed by atoms with Crippen molar-refractivity contribution in [1.29, 1.82) is 0 Å². The fourth-order valence-electron chi connectivity index (χ4n) is 2.59. The van der Waals surface area contributed by atoms with Crippen LogP contribution in [0.2, 0.25) is 0 Å². The maximum Gasteiger partial charge on any atom is 0.0674 e. The molecule has 0 aliphatic rings. The van der Waals surface area contributed by atoms with Gasteiger partial charge in [0, 0.05) is 27.5 Å². The number of fused-ring (bicyclic) bond motifs is 1. The Balaban J connectivity index is 2.11. The van der Waals surface area contributed by atoms with Gasteiger partial charge in [-0.15, -0.1) is 11.3 Å². The Morgan fingerprint density at radius 1 is 1.20 bits per heavy atom. The van der Waals surface area contributed by atoms with Crippen molar-refractivity contribution in [3.63, 3.8) is 0 Å². The fraction of sp³-hybridized carbons (Fsp3) is 0.235. The molecule has 0 bridgehead atoms. The third-order valence-corrected chi connectivity index (χ3v) is 4.92.